The highest BCUT2D eigenvalue weighted by atomic mass is 19.1. The van der Waals surface area contributed by atoms with Crippen molar-refractivity contribution in [2.24, 2.45) is 11.8 Å². The molecular weight excluding hydrogens is 333 g/mol. The van der Waals surface area contributed by atoms with E-state index in [1.165, 1.54) is 12.1 Å². The summed E-state index contributed by atoms with van der Waals surface area (Å²) in [5.41, 5.74) is -0.0345. The summed E-state index contributed by atoms with van der Waals surface area (Å²) in [6.07, 6.45) is 4.20. The number of phenols is 1. The molecule has 2 aromatic rings. The van der Waals surface area contributed by atoms with Gasteiger partial charge in [0.25, 0.3) is 5.91 Å². The number of aromatic hydroxyl groups is 1. The molecule has 26 heavy (non-hydrogen) atoms. The number of carbonyl (C=O) groups excluding carboxylic acids is 1. The minimum Gasteiger partial charge on any atom is -0.508 e. The highest BCUT2D eigenvalue weighted by molar-refractivity contribution is 5.94. The monoisotopic (exact) mass is 357 g/mol. The molecule has 4 nitrogen and oxygen atoms in total. The normalized spacial score (nSPS) is 19.7. The summed E-state index contributed by atoms with van der Waals surface area (Å²) in [5.74, 6) is 0.526. The molecule has 1 aliphatic carbocycles. The molecule has 1 amide bonds. The van der Waals surface area contributed by atoms with Crippen LogP contribution in [-0.2, 0) is 0 Å². The Labute approximate surface area is 153 Å². The van der Waals surface area contributed by atoms with E-state index in [0.717, 1.165) is 44.1 Å². The minimum absolute atomic E-state index is 0.0345. The first-order chi connectivity index (χ1) is 12.6. The van der Waals surface area contributed by atoms with Gasteiger partial charge in [-0.25, -0.2) is 4.39 Å². The van der Waals surface area contributed by atoms with Crippen molar-refractivity contribution >= 4 is 5.91 Å². The number of hydrogen-bond donors (Lipinski definition) is 2. The van der Waals surface area contributed by atoms with Crippen molar-refractivity contribution in [2.45, 2.75) is 25.7 Å². The molecular formula is C21H24FNO3. The number of nitrogens with one attached hydrogen (secondary N) is 1. The van der Waals surface area contributed by atoms with Crippen LogP contribution in [0.2, 0.25) is 0 Å². The van der Waals surface area contributed by atoms with Gasteiger partial charge in [-0.2, -0.15) is 0 Å². The number of rotatable bonds is 6. The topological polar surface area (TPSA) is 58.6 Å². The quantitative estimate of drug-likeness (QED) is 0.817. The van der Waals surface area contributed by atoms with E-state index in [-0.39, 0.29) is 11.3 Å². The van der Waals surface area contributed by atoms with Crippen LogP contribution in [0.4, 0.5) is 4.39 Å². The maximum absolute atomic E-state index is 13.7. The Kier molecular flexibility index (Phi) is 6.10. The number of ether oxygens (including phenoxy) is 1. The molecule has 0 bridgehead atoms. The molecule has 3 rings (SSSR count). The van der Waals surface area contributed by atoms with Crippen LogP contribution < -0.4 is 10.1 Å². The lowest BCUT2D eigenvalue weighted by Gasteiger charge is -2.28. The van der Waals surface area contributed by atoms with Gasteiger partial charge in [-0.1, -0.05) is 18.2 Å². The average Bonchev–Trinajstić information content (AvgIpc) is 2.66. The van der Waals surface area contributed by atoms with Crippen LogP contribution in [0.1, 0.15) is 36.0 Å². The second-order valence-corrected chi connectivity index (χ2v) is 6.88. The van der Waals surface area contributed by atoms with E-state index >= 15 is 0 Å². The van der Waals surface area contributed by atoms with Gasteiger partial charge < -0.3 is 15.2 Å². The molecule has 0 spiro atoms. The number of amides is 1. The first-order valence-electron chi connectivity index (χ1n) is 9.06. The standard InChI is InChI=1S/C21H24FNO3/c22-20-12-17(24)10-11-19(20)21(25)23-13-15-6-8-16(9-7-15)14-26-18-4-2-1-3-5-18/h1-5,10-12,15-16,24H,6-9,13-14H2,(H,23,25). The van der Waals surface area contributed by atoms with E-state index < -0.39 is 11.7 Å². The lowest BCUT2D eigenvalue weighted by atomic mass is 9.82. The highest BCUT2D eigenvalue weighted by Gasteiger charge is 2.22. The van der Waals surface area contributed by atoms with Gasteiger partial charge >= 0.3 is 0 Å². The zero-order valence-electron chi connectivity index (χ0n) is 14.7. The highest BCUT2D eigenvalue weighted by Crippen LogP contribution is 2.29. The zero-order valence-corrected chi connectivity index (χ0v) is 14.7. The van der Waals surface area contributed by atoms with Gasteiger partial charge in [-0.05, 0) is 61.8 Å². The largest absolute Gasteiger partial charge is 0.508 e. The third kappa shape index (κ3) is 4.97. The van der Waals surface area contributed by atoms with E-state index in [1.807, 2.05) is 30.3 Å². The first-order valence-corrected chi connectivity index (χ1v) is 9.06. The average molecular weight is 357 g/mol. The Morgan fingerprint density at radius 1 is 1.08 bits per heavy atom. The third-order valence-corrected chi connectivity index (χ3v) is 4.94. The second kappa shape index (κ2) is 8.70. The van der Waals surface area contributed by atoms with Crippen molar-refractivity contribution in [2.75, 3.05) is 13.2 Å². The zero-order chi connectivity index (χ0) is 18.4. The summed E-state index contributed by atoms with van der Waals surface area (Å²) < 4.78 is 19.5. The number of carbonyl (C=O) groups is 1. The molecule has 0 radical (unpaired) electrons. The van der Waals surface area contributed by atoms with Gasteiger partial charge in [0.05, 0.1) is 12.2 Å². The van der Waals surface area contributed by atoms with Crippen molar-refractivity contribution in [3.8, 4) is 11.5 Å². The fraction of sp³-hybridized carbons (Fsp3) is 0.381. The molecule has 2 N–H and O–H groups in total. The maximum Gasteiger partial charge on any atom is 0.254 e. The molecule has 1 aliphatic rings. The van der Waals surface area contributed by atoms with Crippen LogP contribution in [0.25, 0.3) is 0 Å². The van der Waals surface area contributed by atoms with Crippen LogP contribution in [0.15, 0.2) is 48.5 Å². The van der Waals surface area contributed by atoms with Gasteiger partial charge in [-0.3, -0.25) is 4.79 Å². The van der Waals surface area contributed by atoms with Crippen molar-refractivity contribution in [3.63, 3.8) is 0 Å². The fourth-order valence-corrected chi connectivity index (χ4v) is 3.35. The molecule has 138 valence electrons. The van der Waals surface area contributed by atoms with Crippen LogP contribution in [0.3, 0.4) is 0 Å². The van der Waals surface area contributed by atoms with Gasteiger partial charge in [-0.15, -0.1) is 0 Å². The SMILES string of the molecule is O=C(NCC1CCC(COc2ccccc2)CC1)c1ccc(O)cc1F. The summed E-state index contributed by atoms with van der Waals surface area (Å²) in [6, 6.07) is 13.4. The number of para-hydroxylation sites is 1. The third-order valence-electron chi connectivity index (χ3n) is 4.94. The van der Waals surface area contributed by atoms with Crippen LogP contribution in [-0.4, -0.2) is 24.2 Å². The molecule has 0 aliphatic heterocycles. The van der Waals surface area contributed by atoms with Crippen LogP contribution >= 0.6 is 0 Å². The Bertz CT molecular complexity index is 727. The maximum atomic E-state index is 13.7. The number of hydrogen-bond acceptors (Lipinski definition) is 3. The van der Waals surface area contributed by atoms with Crippen LogP contribution in [0.5, 0.6) is 11.5 Å². The number of halogens is 1. The van der Waals surface area contributed by atoms with Gasteiger partial charge in [0.2, 0.25) is 0 Å². The first kappa shape index (κ1) is 18.2. The van der Waals surface area contributed by atoms with E-state index in [1.54, 1.807) is 0 Å². The molecule has 0 atom stereocenters. The van der Waals surface area contributed by atoms with E-state index in [4.69, 9.17) is 4.74 Å². The van der Waals surface area contributed by atoms with Gasteiger partial charge in [0.1, 0.15) is 17.3 Å². The predicted octanol–water partition coefficient (Wildman–Crippen LogP) is 4.15. The summed E-state index contributed by atoms with van der Waals surface area (Å²) in [5, 5.41) is 12.0. The molecule has 2 aromatic carbocycles. The molecule has 1 fully saturated rings. The van der Waals surface area contributed by atoms with Crippen molar-refractivity contribution in [1.29, 1.82) is 0 Å². The number of phenolic OH excluding ortho intramolecular Hbond substituents is 1. The fourth-order valence-electron chi connectivity index (χ4n) is 3.35. The van der Waals surface area contributed by atoms with Crippen molar-refractivity contribution in [3.05, 3.63) is 59.9 Å². The lowest BCUT2D eigenvalue weighted by molar-refractivity contribution is 0.0934. The molecule has 0 aromatic heterocycles. The second-order valence-electron chi connectivity index (χ2n) is 6.88. The van der Waals surface area contributed by atoms with E-state index in [2.05, 4.69) is 5.32 Å². The smallest absolute Gasteiger partial charge is 0.254 e. The molecule has 0 unspecified atom stereocenters. The Morgan fingerprint density at radius 2 is 1.77 bits per heavy atom. The number of benzene rings is 2. The van der Waals surface area contributed by atoms with E-state index in [9.17, 15) is 14.3 Å². The molecule has 1 saturated carbocycles. The van der Waals surface area contributed by atoms with Crippen molar-refractivity contribution in [1.82, 2.24) is 5.32 Å². The van der Waals surface area contributed by atoms with Gasteiger partial charge in [0.15, 0.2) is 0 Å². The molecule has 5 heteroatoms. The molecule has 0 heterocycles. The lowest BCUT2D eigenvalue weighted by Crippen LogP contribution is -2.32. The molecule has 0 saturated heterocycles. The minimum atomic E-state index is -0.704. The van der Waals surface area contributed by atoms with Crippen molar-refractivity contribution < 1.29 is 19.0 Å². The summed E-state index contributed by atoms with van der Waals surface area (Å²) >= 11 is 0. The predicted molar refractivity (Wildman–Crippen MR) is 97.8 cm³/mol. The Morgan fingerprint density at radius 3 is 2.46 bits per heavy atom. The van der Waals surface area contributed by atoms with E-state index in [0.29, 0.717) is 18.4 Å². The Hall–Kier alpha value is -2.56. The summed E-state index contributed by atoms with van der Waals surface area (Å²) in [4.78, 5) is 12.1. The summed E-state index contributed by atoms with van der Waals surface area (Å²) in [6.45, 7) is 1.27. The Balaban J connectivity index is 1.39. The van der Waals surface area contributed by atoms with Gasteiger partial charge in [0, 0.05) is 12.6 Å². The van der Waals surface area contributed by atoms with Crippen LogP contribution in [0, 0.1) is 17.7 Å². The summed E-state index contributed by atoms with van der Waals surface area (Å²) in [7, 11) is 0.